The molecule has 1 fully saturated rings. The van der Waals surface area contributed by atoms with E-state index in [4.69, 9.17) is 4.74 Å². The van der Waals surface area contributed by atoms with Crippen molar-refractivity contribution < 1.29 is 14.3 Å². The molecule has 0 spiro atoms. The summed E-state index contributed by atoms with van der Waals surface area (Å²) in [7, 11) is 5.03. The average molecular weight is 350 g/mol. The van der Waals surface area contributed by atoms with Crippen molar-refractivity contribution >= 4 is 23.5 Å². The number of nitrogens with zero attached hydrogens (tertiary/aromatic N) is 7. The highest BCUT2D eigenvalue weighted by atomic mass is 16.5. The van der Waals surface area contributed by atoms with Crippen molar-refractivity contribution in [1.29, 1.82) is 0 Å². The maximum atomic E-state index is 12.8. The molecule has 1 N–H and O–H groups in total. The summed E-state index contributed by atoms with van der Waals surface area (Å²) in [4.78, 5) is 27.0. The summed E-state index contributed by atoms with van der Waals surface area (Å²) < 4.78 is 6.69. The van der Waals surface area contributed by atoms with Crippen LogP contribution < -0.4 is 5.32 Å². The zero-order valence-electron chi connectivity index (χ0n) is 14.5. The quantitative estimate of drug-likeness (QED) is 0.755. The Labute approximate surface area is 145 Å². The smallest absolute Gasteiger partial charge is 0.284 e. The SMILES string of the molecule is COC1CCC(N2CN(C)N=C(C(=O)Nc3nnnn3C)C2=O)CC1. The monoisotopic (exact) mass is 350 g/mol. The van der Waals surface area contributed by atoms with Gasteiger partial charge in [0.05, 0.1) is 6.10 Å². The van der Waals surface area contributed by atoms with Crippen LogP contribution in [0.15, 0.2) is 5.10 Å². The van der Waals surface area contributed by atoms with Gasteiger partial charge in [-0.25, -0.2) is 4.68 Å². The highest BCUT2D eigenvalue weighted by Gasteiger charge is 2.37. The first kappa shape index (κ1) is 17.3. The summed E-state index contributed by atoms with van der Waals surface area (Å²) in [5.41, 5.74) is -0.161. The normalized spacial score (nSPS) is 24.3. The van der Waals surface area contributed by atoms with E-state index >= 15 is 0 Å². The van der Waals surface area contributed by atoms with Crippen LogP contribution in [-0.4, -0.2) is 80.6 Å². The molecule has 25 heavy (non-hydrogen) atoms. The summed E-state index contributed by atoms with van der Waals surface area (Å²) >= 11 is 0. The number of nitrogens with one attached hydrogen (secondary N) is 1. The van der Waals surface area contributed by atoms with Crippen molar-refractivity contribution in [3.63, 3.8) is 0 Å². The Balaban J connectivity index is 1.71. The van der Waals surface area contributed by atoms with E-state index in [2.05, 4.69) is 25.9 Å². The first-order chi connectivity index (χ1) is 12.0. The van der Waals surface area contributed by atoms with Gasteiger partial charge >= 0.3 is 0 Å². The fourth-order valence-electron chi connectivity index (χ4n) is 3.18. The highest BCUT2D eigenvalue weighted by molar-refractivity contribution is 6.67. The van der Waals surface area contributed by atoms with Crippen LogP contribution in [0.4, 0.5) is 5.95 Å². The van der Waals surface area contributed by atoms with Crippen LogP contribution in [0, 0.1) is 0 Å². The van der Waals surface area contributed by atoms with E-state index in [1.165, 1.54) is 4.68 Å². The van der Waals surface area contributed by atoms with Crippen molar-refractivity contribution in [2.45, 2.75) is 37.8 Å². The maximum absolute atomic E-state index is 12.8. The van der Waals surface area contributed by atoms with Gasteiger partial charge in [-0.3, -0.25) is 19.9 Å². The van der Waals surface area contributed by atoms with Crippen LogP contribution in [0.1, 0.15) is 25.7 Å². The van der Waals surface area contributed by atoms with Gasteiger partial charge in [-0.1, -0.05) is 5.10 Å². The third-order valence-electron chi connectivity index (χ3n) is 4.57. The Morgan fingerprint density at radius 2 is 1.96 bits per heavy atom. The number of hydrogen-bond acceptors (Lipinski definition) is 8. The number of carbonyl (C=O) groups excluding carboxylic acids is 2. The Bertz CT molecular complexity index is 679. The van der Waals surface area contributed by atoms with Gasteiger partial charge in [0.15, 0.2) is 0 Å². The van der Waals surface area contributed by atoms with E-state index in [0.717, 1.165) is 25.7 Å². The molecule has 2 aliphatic rings. The number of carbonyl (C=O) groups is 2. The molecular formula is C14H22N8O3. The van der Waals surface area contributed by atoms with Gasteiger partial charge in [-0.2, -0.15) is 5.10 Å². The Hall–Kier alpha value is -2.56. The van der Waals surface area contributed by atoms with Crippen molar-refractivity contribution in [3.8, 4) is 0 Å². The lowest BCUT2D eigenvalue weighted by molar-refractivity contribution is -0.132. The molecule has 0 saturated heterocycles. The van der Waals surface area contributed by atoms with Crippen molar-refractivity contribution in [2.75, 3.05) is 26.1 Å². The lowest BCUT2D eigenvalue weighted by atomic mass is 9.91. The largest absolute Gasteiger partial charge is 0.381 e. The molecule has 0 atom stereocenters. The number of hydrazone groups is 1. The third-order valence-corrected chi connectivity index (χ3v) is 4.57. The van der Waals surface area contributed by atoms with Gasteiger partial charge in [-0.05, 0) is 36.1 Å². The fourth-order valence-corrected chi connectivity index (χ4v) is 3.18. The van der Waals surface area contributed by atoms with E-state index in [1.54, 1.807) is 31.1 Å². The van der Waals surface area contributed by atoms with Gasteiger partial charge in [0, 0.05) is 27.2 Å². The topological polar surface area (TPSA) is 118 Å². The van der Waals surface area contributed by atoms with Crippen molar-refractivity contribution in [1.82, 2.24) is 30.1 Å². The fraction of sp³-hybridized carbons (Fsp3) is 0.714. The summed E-state index contributed by atoms with van der Waals surface area (Å²) in [6, 6.07) is 0.0798. The third kappa shape index (κ3) is 3.60. The number of methoxy groups -OCH3 is 1. The molecule has 2 heterocycles. The van der Waals surface area contributed by atoms with Crippen LogP contribution in [0.25, 0.3) is 0 Å². The molecule has 11 heteroatoms. The van der Waals surface area contributed by atoms with Crippen molar-refractivity contribution in [3.05, 3.63) is 0 Å². The molecule has 136 valence electrons. The summed E-state index contributed by atoms with van der Waals surface area (Å²) in [6.07, 6.45) is 3.74. The highest BCUT2D eigenvalue weighted by Crippen LogP contribution is 2.26. The van der Waals surface area contributed by atoms with Crippen LogP contribution in [-0.2, 0) is 21.4 Å². The van der Waals surface area contributed by atoms with E-state index in [0.29, 0.717) is 6.67 Å². The number of aromatic nitrogens is 4. The molecule has 3 rings (SSSR count). The molecule has 11 nitrogen and oxygen atoms in total. The second-order valence-corrected chi connectivity index (χ2v) is 6.27. The minimum Gasteiger partial charge on any atom is -0.381 e. The van der Waals surface area contributed by atoms with Crippen LogP contribution in [0.3, 0.4) is 0 Å². The summed E-state index contributed by atoms with van der Waals surface area (Å²) in [6.45, 7) is 0.365. The Morgan fingerprint density at radius 3 is 2.56 bits per heavy atom. The standard InChI is InChI=1S/C14H22N8O3/c1-20-8-22(9-4-6-10(25-3)7-5-9)13(24)11(17-20)12(23)15-14-16-18-19-21(14)2/h9-10H,4-8H2,1-3H3,(H,15,16,19,23). The zero-order chi connectivity index (χ0) is 18.0. The molecule has 0 unspecified atom stereocenters. The Morgan fingerprint density at radius 1 is 1.24 bits per heavy atom. The molecule has 0 bridgehead atoms. The summed E-state index contributed by atoms with van der Waals surface area (Å²) in [5, 5.41) is 19.0. The number of amides is 2. The lowest BCUT2D eigenvalue weighted by Gasteiger charge is -2.40. The molecule has 1 aliphatic heterocycles. The lowest BCUT2D eigenvalue weighted by Crippen LogP contribution is -2.55. The van der Waals surface area contributed by atoms with Gasteiger partial charge in [0.2, 0.25) is 11.7 Å². The molecule has 0 aromatic carbocycles. The molecular weight excluding hydrogens is 328 g/mol. The maximum Gasteiger partial charge on any atom is 0.284 e. The van der Waals surface area contributed by atoms with Crippen LogP contribution in [0.5, 0.6) is 0 Å². The number of aryl methyl sites for hydroxylation is 1. The van der Waals surface area contributed by atoms with Gasteiger partial charge < -0.3 is 9.64 Å². The molecule has 1 aliphatic carbocycles. The number of anilines is 1. The molecule has 1 saturated carbocycles. The molecule has 1 aromatic heterocycles. The predicted octanol–water partition coefficient (Wildman–Crippen LogP) is -0.806. The first-order valence-electron chi connectivity index (χ1n) is 8.16. The second-order valence-electron chi connectivity index (χ2n) is 6.27. The minimum absolute atomic E-state index is 0.0798. The van der Waals surface area contributed by atoms with Gasteiger partial charge in [0.1, 0.15) is 6.67 Å². The first-order valence-corrected chi connectivity index (χ1v) is 8.16. The Kier molecular flexibility index (Phi) is 4.93. The number of tetrazole rings is 1. The van der Waals surface area contributed by atoms with Crippen molar-refractivity contribution in [2.24, 2.45) is 12.1 Å². The molecule has 2 amide bonds. The van der Waals surface area contributed by atoms with E-state index < -0.39 is 5.91 Å². The average Bonchev–Trinajstić information content (AvgIpc) is 3.01. The predicted molar refractivity (Wildman–Crippen MR) is 87.4 cm³/mol. The zero-order valence-corrected chi connectivity index (χ0v) is 14.5. The number of ether oxygens (including phenoxy) is 1. The number of rotatable bonds is 4. The second kappa shape index (κ2) is 7.13. The minimum atomic E-state index is -0.620. The van der Waals surface area contributed by atoms with Gasteiger partial charge in [-0.15, -0.1) is 0 Å². The van der Waals surface area contributed by atoms with E-state index in [-0.39, 0.29) is 29.7 Å². The molecule has 1 aromatic rings. The summed E-state index contributed by atoms with van der Waals surface area (Å²) in [5.74, 6) is -0.836. The van der Waals surface area contributed by atoms with Crippen LogP contribution >= 0.6 is 0 Å². The van der Waals surface area contributed by atoms with Crippen LogP contribution in [0.2, 0.25) is 0 Å². The van der Waals surface area contributed by atoms with E-state index in [9.17, 15) is 9.59 Å². The van der Waals surface area contributed by atoms with E-state index in [1.807, 2.05) is 0 Å². The number of hydrogen-bond donors (Lipinski definition) is 1. The molecule has 0 radical (unpaired) electrons. The van der Waals surface area contributed by atoms with Gasteiger partial charge in [0.25, 0.3) is 11.8 Å².